The maximum Gasteiger partial charge on any atom is 0.256 e. The largest absolute Gasteiger partial charge is 0.322 e. The summed E-state index contributed by atoms with van der Waals surface area (Å²) in [5, 5.41) is 14.1. The van der Waals surface area contributed by atoms with Gasteiger partial charge in [-0.05, 0) is 56.7 Å². The molecule has 116 valence electrons. The molecule has 1 aromatic heterocycles. The molecule has 0 spiro atoms. The van der Waals surface area contributed by atoms with Gasteiger partial charge >= 0.3 is 0 Å². The van der Waals surface area contributed by atoms with Gasteiger partial charge in [-0.25, -0.2) is 9.07 Å². The molecule has 1 N–H and O–H groups in total. The lowest BCUT2D eigenvalue weighted by Crippen LogP contribution is -2.12. The van der Waals surface area contributed by atoms with Crippen molar-refractivity contribution >= 4 is 27.5 Å². The standard InChI is InChI=1S/C15H11BrFN5O/c1-22-14(19-20-21-22)9-3-2-4-11(7-9)18-15(23)12-6-5-10(17)8-13(12)16/h2-8H,1H3,(H,18,23). The quantitative estimate of drug-likeness (QED) is 0.763. The maximum absolute atomic E-state index is 13.1. The Morgan fingerprint density at radius 3 is 2.78 bits per heavy atom. The number of tetrazole rings is 1. The van der Waals surface area contributed by atoms with Crippen molar-refractivity contribution in [3.63, 3.8) is 0 Å². The minimum Gasteiger partial charge on any atom is -0.322 e. The monoisotopic (exact) mass is 375 g/mol. The predicted octanol–water partition coefficient (Wildman–Crippen LogP) is 3.03. The van der Waals surface area contributed by atoms with E-state index in [-0.39, 0.29) is 5.91 Å². The molecule has 0 fully saturated rings. The Balaban J connectivity index is 1.86. The number of nitrogens with zero attached hydrogens (tertiary/aromatic N) is 4. The Morgan fingerprint density at radius 2 is 2.09 bits per heavy atom. The summed E-state index contributed by atoms with van der Waals surface area (Å²) in [4.78, 5) is 12.3. The number of nitrogens with one attached hydrogen (secondary N) is 1. The molecule has 0 aliphatic carbocycles. The van der Waals surface area contributed by atoms with E-state index in [9.17, 15) is 9.18 Å². The molecule has 1 heterocycles. The molecule has 3 aromatic rings. The molecule has 0 radical (unpaired) electrons. The van der Waals surface area contributed by atoms with Gasteiger partial charge in [0.05, 0.1) is 5.56 Å². The predicted molar refractivity (Wildman–Crippen MR) is 86.3 cm³/mol. The van der Waals surface area contributed by atoms with Crippen LogP contribution in [0.4, 0.5) is 10.1 Å². The fourth-order valence-corrected chi connectivity index (χ4v) is 2.61. The SMILES string of the molecule is Cn1nnnc1-c1cccc(NC(=O)c2ccc(F)cc2Br)c1. The van der Waals surface area contributed by atoms with Crippen molar-refractivity contribution in [3.8, 4) is 11.4 Å². The van der Waals surface area contributed by atoms with Gasteiger partial charge in [-0.2, -0.15) is 0 Å². The molecule has 8 heteroatoms. The molecule has 0 unspecified atom stereocenters. The molecule has 0 aliphatic heterocycles. The first-order chi connectivity index (χ1) is 11.0. The van der Waals surface area contributed by atoms with E-state index in [0.717, 1.165) is 5.56 Å². The lowest BCUT2D eigenvalue weighted by Gasteiger charge is -2.08. The van der Waals surface area contributed by atoms with Crippen molar-refractivity contribution in [2.45, 2.75) is 0 Å². The first-order valence-electron chi connectivity index (χ1n) is 6.64. The summed E-state index contributed by atoms with van der Waals surface area (Å²) in [5.74, 6) is -0.167. The molecular formula is C15H11BrFN5O. The van der Waals surface area contributed by atoms with Gasteiger partial charge < -0.3 is 5.32 Å². The molecule has 0 atom stereocenters. The number of aromatic nitrogens is 4. The molecule has 0 bridgehead atoms. The topological polar surface area (TPSA) is 72.7 Å². The number of hydrogen-bond donors (Lipinski definition) is 1. The molecule has 0 aliphatic rings. The highest BCUT2D eigenvalue weighted by atomic mass is 79.9. The summed E-state index contributed by atoms with van der Waals surface area (Å²) in [6.07, 6.45) is 0. The molecule has 23 heavy (non-hydrogen) atoms. The summed E-state index contributed by atoms with van der Waals surface area (Å²) in [7, 11) is 1.73. The molecule has 0 saturated heterocycles. The highest BCUT2D eigenvalue weighted by molar-refractivity contribution is 9.10. The van der Waals surface area contributed by atoms with Crippen LogP contribution in [0.15, 0.2) is 46.9 Å². The third-order valence-corrected chi connectivity index (χ3v) is 3.83. The molecule has 1 amide bonds. The number of halogens is 2. The van der Waals surface area contributed by atoms with Gasteiger partial charge in [0.25, 0.3) is 5.91 Å². The number of hydrogen-bond acceptors (Lipinski definition) is 4. The highest BCUT2D eigenvalue weighted by Crippen LogP contribution is 2.22. The normalized spacial score (nSPS) is 10.6. The average molecular weight is 376 g/mol. The zero-order chi connectivity index (χ0) is 16.4. The number of rotatable bonds is 3. The number of aryl methyl sites for hydroxylation is 1. The number of anilines is 1. The summed E-state index contributed by atoms with van der Waals surface area (Å²) in [6.45, 7) is 0. The minimum atomic E-state index is -0.412. The van der Waals surface area contributed by atoms with Crippen LogP contribution >= 0.6 is 15.9 Å². The second-order valence-corrected chi connectivity index (χ2v) is 5.64. The molecular weight excluding hydrogens is 365 g/mol. The second kappa shape index (κ2) is 6.25. The minimum absolute atomic E-state index is 0.342. The van der Waals surface area contributed by atoms with Crippen LogP contribution in [-0.2, 0) is 7.05 Å². The van der Waals surface area contributed by atoms with Crippen molar-refractivity contribution in [1.82, 2.24) is 20.2 Å². The van der Waals surface area contributed by atoms with Gasteiger partial charge in [-0.3, -0.25) is 4.79 Å². The van der Waals surface area contributed by atoms with Crippen LogP contribution in [0.3, 0.4) is 0 Å². The van der Waals surface area contributed by atoms with E-state index in [1.54, 1.807) is 25.2 Å². The van der Waals surface area contributed by atoms with Gasteiger partial charge in [0.1, 0.15) is 5.82 Å². The van der Waals surface area contributed by atoms with Crippen molar-refractivity contribution in [2.75, 3.05) is 5.32 Å². The van der Waals surface area contributed by atoms with Crippen LogP contribution in [0.2, 0.25) is 0 Å². The third-order valence-electron chi connectivity index (χ3n) is 3.17. The average Bonchev–Trinajstić information content (AvgIpc) is 2.93. The van der Waals surface area contributed by atoms with E-state index in [4.69, 9.17) is 0 Å². The maximum atomic E-state index is 13.1. The summed E-state index contributed by atoms with van der Waals surface area (Å²) in [6, 6.07) is 11.1. The van der Waals surface area contributed by atoms with E-state index >= 15 is 0 Å². The van der Waals surface area contributed by atoms with Crippen molar-refractivity contribution in [1.29, 1.82) is 0 Å². The van der Waals surface area contributed by atoms with Crippen LogP contribution in [-0.4, -0.2) is 26.1 Å². The van der Waals surface area contributed by atoms with Gasteiger partial charge in [0, 0.05) is 22.8 Å². The fourth-order valence-electron chi connectivity index (χ4n) is 2.08. The smallest absolute Gasteiger partial charge is 0.256 e. The first-order valence-corrected chi connectivity index (χ1v) is 7.43. The van der Waals surface area contributed by atoms with Crippen LogP contribution in [0.5, 0.6) is 0 Å². The van der Waals surface area contributed by atoms with Crippen molar-refractivity contribution in [3.05, 3.63) is 58.3 Å². The Morgan fingerprint density at radius 1 is 1.26 bits per heavy atom. The van der Waals surface area contributed by atoms with Gasteiger partial charge in [-0.15, -0.1) is 5.10 Å². The molecule has 3 rings (SSSR count). The van der Waals surface area contributed by atoms with Crippen LogP contribution in [0.1, 0.15) is 10.4 Å². The number of benzene rings is 2. The Bertz CT molecular complexity index is 880. The van der Waals surface area contributed by atoms with Crippen LogP contribution < -0.4 is 5.32 Å². The van der Waals surface area contributed by atoms with E-state index in [1.165, 1.54) is 22.9 Å². The Hall–Kier alpha value is -2.61. The van der Waals surface area contributed by atoms with Crippen LogP contribution in [0.25, 0.3) is 11.4 Å². The lowest BCUT2D eigenvalue weighted by molar-refractivity contribution is 0.102. The van der Waals surface area contributed by atoms with Gasteiger partial charge in [-0.1, -0.05) is 12.1 Å². The van der Waals surface area contributed by atoms with E-state index in [0.29, 0.717) is 21.5 Å². The fraction of sp³-hybridized carbons (Fsp3) is 0.0667. The van der Waals surface area contributed by atoms with E-state index < -0.39 is 5.82 Å². The number of amides is 1. The first kappa shape index (κ1) is 15.3. The number of carbonyl (C=O) groups is 1. The van der Waals surface area contributed by atoms with Crippen LogP contribution in [0, 0.1) is 5.82 Å². The summed E-state index contributed by atoms with van der Waals surface area (Å²) >= 11 is 3.19. The highest BCUT2D eigenvalue weighted by Gasteiger charge is 2.12. The van der Waals surface area contributed by atoms with Crippen molar-refractivity contribution < 1.29 is 9.18 Å². The molecule has 6 nitrogen and oxygen atoms in total. The molecule has 0 saturated carbocycles. The summed E-state index contributed by atoms with van der Waals surface area (Å²) < 4.78 is 15.0. The van der Waals surface area contributed by atoms with E-state index in [1.807, 2.05) is 6.07 Å². The lowest BCUT2D eigenvalue weighted by atomic mass is 10.1. The zero-order valence-electron chi connectivity index (χ0n) is 12.0. The molecule has 2 aromatic carbocycles. The number of carbonyl (C=O) groups excluding carboxylic acids is 1. The summed E-state index contributed by atoms with van der Waals surface area (Å²) in [5.41, 5.74) is 1.71. The van der Waals surface area contributed by atoms with Gasteiger partial charge in [0.15, 0.2) is 5.82 Å². The van der Waals surface area contributed by atoms with Crippen molar-refractivity contribution in [2.24, 2.45) is 7.05 Å². The van der Waals surface area contributed by atoms with E-state index in [2.05, 4.69) is 36.8 Å². The second-order valence-electron chi connectivity index (χ2n) is 4.79. The Labute approximate surface area is 139 Å². The Kier molecular flexibility index (Phi) is 4.16. The third kappa shape index (κ3) is 3.26. The van der Waals surface area contributed by atoms with Gasteiger partial charge in [0.2, 0.25) is 0 Å². The zero-order valence-corrected chi connectivity index (χ0v) is 13.6.